The fourth-order valence-corrected chi connectivity index (χ4v) is 5.77. The molecule has 8 nitrogen and oxygen atoms in total. The number of rotatable bonds is 6. The van der Waals surface area contributed by atoms with Gasteiger partial charge in [0.05, 0.1) is 12.4 Å². The van der Waals surface area contributed by atoms with Crippen LogP contribution >= 0.6 is 35.3 Å². The lowest BCUT2D eigenvalue weighted by atomic mass is 9.93. The average Bonchev–Trinajstić information content (AvgIpc) is 3.34. The molecule has 1 saturated heterocycles. The van der Waals surface area contributed by atoms with Crippen LogP contribution in [0.15, 0.2) is 40.1 Å². The van der Waals surface area contributed by atoms with Gasteiger partial charge in [-0.1, -0.05) is 6.92 Å². The van der Waals surface area contributed by atoms with Gasteiger partial charge in [0.15, 0.2) is 5.96 Å². The van der Waals surface area contributed by atoms with Gasteiger partial charge < -0.3 is 14.8 Å². The minimum absolute atomic E-state index is 0. The molecule has 1 aliphatic rings. The number of nitrogens with zero attached hydrogens (tertiary/aromatic N) is 4. The highest BCUT2D eigenvalue weighted by Gasteiger charge is 2.28. The number of aryl methyl sites for hydroxylation is 1. The number of aliphatic imine (C=N–C) groups is 1. The maximum absolute atomic E-state index is 12.3. The quantitative estimate of drug-likeness (QED) is 0.249. The van der Waals surface area contributed by atoms with Crippen LogP contribution in [0.2, 0.25) is 0 Å². The Bertz CT molecular complexity index is 897. The van der Waals surface area contributed by atoms with E-state index in [-0.39, 0.29) is 24.0 Å². The highest BCUT2D eigenvalue weighted by molar-refractivity contribution is 14.0. The SMILES string of the molecule is CN=C(NCCNS(=O)(=O)c1ccc(C)s1)N1CCC(C)C(n2ccnc2)C1.I. The zero-order valence-corrected chi connectivity index (χ0v) is 20.9. The first-order valence-corrected chi connectivity index (χ1v) is 11.7. The number of aromatic nitrogens is 2. The molecule has 1 aliphatic heterocycles. The van der Waals surface area contributed by atoms with Crippen molar-refractivity contribution >= 4 is 51.3 Å². The maximum Gasteiger partial charge on any atom is 0.250 e. The summed E-state index contributed by atoms with van der Waals surface area (Å²) in [5.41, 5.74) is 0. The van der Waals surface area contributed by atoms with Gasteiger partial charge in [-0.25, -0.2) is 18.1 Å². The molecule has 29 heavy (non-hydrogen) atoms. The Morgan fingerprint density at radius 2 is 2.17 bits per heavy atom. The van der Waals surface area contributed by atoms with Crippen molar-refractivity contribution < 1.29 is 8.42 Å². The lowest BCUT2D eigenvalue weighted by Crippen LogP contribution is -2.50. The molecule has 1 fully saturated rings. The summed E-state index contributed by atoms with van der Waals surface area (Å²) in [5.74, 6) is 1.35. The van der Waals surface area contributed by atoms with E-state index in [9.17, 15) is 8.42 Å². The number of sulfonamides is 1. The molecule has 0 spiro atoms. The Hall–Kier alpha value is -1.18. The molecular weight excluding hydrogens is 523 g/mol. The summed E-state index contributed by atoms with van der Waals surface area (Å²) in [4.78, 5) is 11.7. The highest BCUT2D eigenvalue weighted by Crippen LogP contribution is 2.27. The fraction of sp³-hybridized carbons (Fsp3) is 0.556. The van der Waals surface area contributed by atoms with E-state index in [1.807, 2.05) is 25.5 Å². The summed E-state index contributed by atoms with van der Waals surface area (Å²) >= 11 is 1.28. The fourth-order valence-electron chi connectivity index (χ4n) is 3.41. The largest absolute Gasteiger partial charge is 0.355 e. The van der Waals surface area contributed by atoms with Crippen LogP contribution in [-0.2, 0) is 10.0 Å². The van der Waals surface area contributed by atoms with Crippen LogP contribution in [0.25, 0.3) is 0 Å². The summed E-state index contributed by atoms with van der Waals surface area (Å²) in [6.07, 6.45) is 6.73. The van der Waals surface area contributed by atoms with Crippen LogP contribution in [-0.4, -0.2) is 62.1 Å². The van der Waals surface area contributed by atoms with Crippen molar-refractivity contribution in [3.8, 4) is 0 Å². The predicted octanol–water partition coefficient (Wildman–Crippen LogP) is 2.31. The van der Waals surface area contributed by atoms with Crippen LogP contribution in [0.1, 0.15) is 24.3 Å². The molecule has 0 aromatic carbocycles. The molecule has 0 saturated carbocycles. The molecule has 3 heterocycles. The van der Waals surface area contributed by atoms with Crippen molar-refractivity contribution in [2.24, 2.45) is 10.9 Å². The van der Waals surface area contributed by atoms with Crippen molar-refractivity contribution in [1.82, 2.24) is 24.5 Å². The third-order valence-corrected chi connectivity index (χ3v) is 7.97. The van der Waals surface area contributed by atoms with E-state index < -0.39 is 10.0 Å². The third kappa shape index (κ3) is 6.15. The number of hydrogen-bond donors (Lipinski definition) is 2. The van der Waals surface area contributed by atoms with Crippen LogP contribution in [0.5, 0.6) is 0 Å². The van der Waals surface area contributed by atoms with Gasteiger partial charge in [-0.2, -0.15) is 0 Å². The van der Waals surface area contributed by atoms with E-state index in [2.05, 4.69) is 36.4 Å². The van der Waals surface area contributed by atoms with Gasteiger partial charge in [0.1, 0.15) is 4.21 Å². The number of guanidine groups is 1. The summed E-state index contributed by atoms with van der Waals surface area (Å²) in [5, 5.41) is 3.28. The molecule has 0 radical (unpaired) electrons. The van der Waals surface area contributed by atoms with Gasteiger partial charge in [0, 0.05) is 50.5 Å². The van der Waals surface area contributed by atoms with Crippen molar-refractivity contribution in [3.05, 3.63) is 35.7 Å². The smallest absolute Gasteiger partial charge is 0.250 e. The Balaban J connectivity index is 0.00000300. The monoisotopic (exact) mass is 552 g/mol. The topological polar surface area (TPSA) is 91.6 Å². The molecule has 2 aromatic heterocycles. The molecule has 3 rings (SSSR count). The molecule has 2 N–H and O–H groups in total. The summed E-state index contributed by atoms with van der Waals surface area (Å²) in [7, 11) is -1.69. The van der Waals surface area contributed by atoms with E-state index >= 15 is 0 Å². The van der Waals surface area contributed by atoms with E-state index in [0.717, 1.165) is 30.3 Å². The number of piperidine rings is 1. The first kappa shape index (κ1) is 24.1. The lowest BCUT2D eigenvalue weighted by molar-refractivity contribution is 0.189. The summed E-state index contributed by atoms with van der Waals surface area (Å²) < 4.78 is 29.7. The van der Waals surface area contributed by atoms with E-state index in [1.54, 1.807) is 19.3 Å². The molecule has 2 atom stereocenters. The molecule has 162 valence electrons. The Kier molecular flexibility index (Phi) is 8.91. The Morgan fingerprint density at radius 1 is 1.38 bits per heavy atom. The zero-order valence-electron chi connectivity index (χ0n) is 16.9. The van der Waals surface area contributed by atoms with Crippen LogP contribution in [0, 0.1) is 12.8 Å². The van der Waals surface area contributed by atoms with Crippen LogP contribution in [0.4, 0.5) is 0 Å². The predicted molar refractivity (Wildman–Crippen MR) is 128 cm³/mol. The summed E-state index contributed by atoms with van der Waals surface area (Å²) in [6, 6.07) is 3.79. The molecular formula is C18H29IN6O2S2. The van der Waals surface area contributed by atoms with Gasteiger partial charge in [-0.15, -0.1) is 35.3 Å². The third-order valence-electron chi connectivity index (χ3n) is 5.02. The normalized spacial score (nSPS) is 20.4. The number of imidazole rings is 1. The Morgan fingerprint density at radius 3 is 2.79 bits per heavy atom. The van der Waals surface area contributed by atoms with Crippen molar-refractivity contribution in [1.29, 1.82) is 0 Å². The van der Waals surface area contributed by atoms with Crippen LogP contribution in [0.3, 0.4) is 0 Å². The molecule has 2 aromatic rings. The van der Waals surface area contributed by atoms with Crippen LogP contribution < -0.4 is 10.0 Å². The van der Waals surface area contributed by atoms with Gasteiger partial charge >= 0.3 is 0 Å². The van der Waals surface area contributed by atoms with Crippen molar-refractivity contribution in [2.75, 3.05) is 33.2 Å². The number of likely N-dealkylation sites (tertiary alicyclic amines) is 1. The van der Waals surface area contributed by atoms with Gasteiger partial charge in [-0.05, 0) is 31.4 Å². The van der Waals surface area contributed by atoms with Crippen molar-refractivity contribution in [2.45, 2.75) is 30.5 Å². The number of thiophene rings is 1. The van der Waals surface area contributed by atoms with E-state index in [0.29, 0.717) is 29.3 Å². The standard InChI is InChI=1S/C18H28N6O2S2.HI/c1-14-6-10-23(12-16(14)24-11-9-20-13-24)18(19-3)21-7-8-22-28(25,26)17-5-4-15(2)27-17;/h4-5,9,11,13-14,16,22H,6-8,10,12H2,1-3H3,(H,19,21);1H. The van der Waals surface area contributed by atoms with Gasteiger partial charge in [-0.3, -0.25) is 4.99 Å². The number of halogens is 1. The second-order valence-corrected chi connectivity index (χ2v) is 10.3. The Labute approximate surface area is 193 Å². The van der Waals surface area contributed by atoms with Gasteiger partial charge in [0.2, 0.25) is 10.0 Å². The van der Waals surface area contributed by atoms with E-state index in [4.69, 9.17) is 0 Å². The molecule has 11 heteroatoms. The first-order chi connectivity index (χ1) is 13.4. The minimum atomic E-state index is -3.45. The number of hydrogen-bond acceptors (Lipinski definition) is 5. The molecule has 0 bridgehead atoms. The zero-order chi connectivity index (χ0) is 20.1. The maximum atomic E-state index is 12.3. The first-order valence-electron chi connectivity index (χ1n) is 9.40. The minimum Gasteiger partial charge on any atom is -0.355 e. The highest BCUT2D eigenvalue weighted by atomic mass is 127. The second-order valence-electron chi connectivity index (χ2n) is 7.03. The van der Waals surface area contributed by atoms with E-state index in [1.165, 1.54) is 11.3 Å². The second kappa shape index (κ2) is 10.7. The van der Waals surface area contributed by atoms with Gasteiger partial charge in [0.25, 0.3) is 0 Å². The molecule has 0 amide bonds. The summed E-state index contributed by atoms with van der Waals surface area (Å²) in [6.45, 7) is 6.69. The molecule has 0 aliphatic carbocycles. The van der Waals surface area contributed by atoms with Crippen molar-refractivity contribution in [3.63, 3.8) is 0 Å². The molecule has 2 unspecified atom stereocenters. The lowest BCUT2D eigenvalue weighted by Gasteiger charge is -2.39. The number of nitrogens with one attached hydrogen (secondary N) is 2. The average molecular weight is 553 g/mol.